The second-order valence-corrected chi connectivity index (χ2v) is 8.50. The molecule has 0 spiro atoms. The minimum absolute atomic E-state index is 0.0637. The van der Waals surface area contributed by atoms with Gasteiger partial charge in [0.05, 0.1) is 13.2 Å². The molecule has 0 radical (unpaired) electrons. The highest BCUT2D eigenvalue weighted by molar-refractivity contribution is 5.98. The first kappa shape index (κ1) is 22.9. The van der Waals surface area contributed by atoms with E-state index < -0.39 is 6.09 Å². The van der Waals surface area contributed by atoms with Crippen LogP contribution in [0.2, 0.25) is 0 Å². The number of benzene rings is 2. The van der Waals surface area contributed by atoms with Crippen LogP contribution in [0.4, 0.5) is 4.79 Å². The minimum atomic E-state index is -0.920. The SMILES string of the molecule is COCCOc1cccc(C2CCN(C(=O)O)[C@H](C)[C@H]2COc2ccc3c(c2)C(=O)NC3)c1. The second kappa shape index (κ2) is 10.1. The highest BCUT2D eigenvalue weighted by Crippen LogP contribution is 2.38. The third-order valence-electron chi connectivity index (χ3n) is 6.61. The summed E-state index contributed by atoms with van der Waals surface area (Å²) in [6.45, 7) is 4.24. The number of ether oxygens (including phenoxy) is 3. The van der Waals surface area contributed by atoms with E-state index in [1.165, 1.54) is 4.90 Å². The van der Waals surface area contributed by atoms with Crippen molar-refractivity contribution in [2.75, 3.05) is 33.5 Å². The molecule has 8 heteroatoms. The molecule has 8 nitrogen and oxygen atoms in total. The van der Waals surface area contributed by atoms with Crippen molar-refractivity contribution in [2.24, 2.45) is 5.92 Å². The zero-order chi connectivity index (χ0) is 23.4. The van der Waals surface area contributed by atoms with Gasteiger partial charge in [-0.15, -0.1) is 0 Å². The molecule has 176 valence electrons. The van der Waals surface area contributed by atoms with E-state index in [9.17, 15) is 14.7 Å². The maximum atomic E-state index is 12.0. The summed E-state index contributed by atoms with van der Waals surface area (Å²) in [7, 11) is 1.63. The quantitative estimate of drug-likeness (QED) is 0.593. The van der Waals surface area contributed by atoms with Crippen molar-refractivity contribution in [3.8, 4) is 11.5 Å². The van der Waals surface area contributed by atoms with Crippen LogP contribution in [0.15, 0.2) is 42.5 Å². The number of rotatable bonds is 8. The lowest BCUT2D eigenvalue weighted by molar-refractivity contribution is 0.0544. The molecule has 1 unspecified atom stereocenters. The zero-order valence-corrected chi connectivity index (χ0v) is 19.0. The fraction of sp³-hybridized carbons (Fsp3) is 0.440. The Morgan fingerprint density at radius 3 is 2.76 bits per heavy atom. The molecular formula is C25H30N2O6. The Morgan fingerprint density at radius 2 is 1.97 bits per heavy atom. The van der Waals surface area contributed by atoms with Crippen molar-refractivity contribution in [1.82, 2.24) is 10.2 Å². The summed E-state index contributed by atoms with van der Waals surface area (Å²) in [5.41, 5.74) is 2.69. The molecule has 33 heavy (non-hydrogen) atoms. The number of hydrogen-bond acceptors (Lipinski definition) is 5. The lowest BCUT2D eigenvalue weighted by Gasteiger charge is -2.43. The summed E-state index contributed by atoms with van der Waals surface area (Å²) in [6.07, 6.45) is -0.226. The molecule has 2 amide bonds. The Kier molecular flexibility index (Phi) is 7.03. The number of carbonyl (C=O) groups is 2. The highest BCUT2D eigenvalue weighted by Gasteiger charge is 2.39. The zero-order valence-electron chi connectivity index (χ0n) is 19.0. The Labute approximate surface area is 193 Å². The van der Waals surface area contributed by atoms with E-state index in [4.69, 9.17) is 14.2 Å². The van der Waals surface area contributed by atoms with Gasteiger partial charge in [0.15, 0.2) is 0 Å². The summed E-state index contributed by atoms with van der Waals surface area (Å²) >= 11 is 0. The van der Waals surface area contributed by atoms with Crippen LogP contribution in [0, 0.1) is 5.92 Å². The van der Waals surface area contributed by atoms with Crippen molar-refractivity contribution in [1.29, 1.82) is 0 Å². The molecule has 3 atom stereocenters. The average Bonchev–Trinajstić information content (AvgIpc) is 3.18. The summed E-state index contributed by atoms with van der Waals surface area (Å²) in [6, 6.07) is 13.3. The van der Waals surface area contributed by atoms with Gasteiger partial charge in [0.25, 0.3) is 5.91 Å². The smallest absolute Gasteiger partial charge is 0.407 e. The lowest BCUT2D eigenvalue weighted by atomic mass is 9.76. The number of nitrogens with zero attached hydrogens (tertiary/aromatic N) is 1. The van der Waals surface area contributed by atoms with E-state index in [-0.39, 0.29) is 23.8 Å². The van der Waals surface area contributed by atoms with E-state index in [1.54, 1.807) is 13.2 Å². The number of fused-ring (bicyclic) bond motifs is 1. The molecule has 0 saturated carbocycles. The third-order valence-corrected chi connectivity index (χ3v) is 6.61. The van der Waals surface area contributed by atoms with Gasteiger partial charge < -0.3 is 29.5 Å². The van der Waals surface area contributed by atoms with Gasteiger partial charge in [-0.2, -0.15) is 0 Å². The molecule has 0 aromatic heterocycles. The maximum Gasteiger partial charge on any atom is 0.407 e. The number of methoxy groups -OCH3 is 1. The van der Waals surface area contributed by atoms with Crippen molar-refractivity contribution in [3.05, 3.63) is 59.2 Å². The molecule has 1 saturated heterocycles. The highest BCUT2D eigenvalue weighted by atomic mass is 16.5. The molecule has 4 rings (SSSR count). The molecular weight excluding hydrogens is 424 g/mol. The van der Waals surface area contributed by atoms with Crippen molar-refractivity contribution in [3.63, 3.8) is 0 Å². The van der Waals surface area contributed by atoms with E-state index in [0.29, 0.717) is 50.6 Å². The van der Waals surface area contributed by atoms with Crippen LogP contribution in [0.5, 0.6) is 11.5 Å². The number of nitrogens with one attached hydrogen (secondary N) is 1. The molecule has 0 bridgehead atoms. The first-order valence-electron chi connectivity index (χ1n) is 11.2. The monoisotopic (exact) mass is 454 g/mol. The van der Waals surface area contributed by atoms with Crippen LogP contribution in [0.1, 0.15) is 40.7 Å². The lowest BCUT2D eigenvalue weighted by Crippen LogP contribution is -2.50. The van der Waals surface area contributed by atoms with Gasteiger partial charge in [-0.25, -0.2) is 4.79 Å². The first-order chi connectivity index (χ1) is 16.0. The molecule has 1 fully saturated rings. The fourth-order valence-electron chi connectivity index (χ4n) is 4.75. The first-order valence-corrected chi connectivity index (χ1v) is 11.2. The average molecular weight is 455 g/mol. The Morgan fingerprint density at radius 1 is 1.15 bits per heavy atom. The predicted molar refractivity (Wildman–Crippen MR) is 122 cm³/mol. The van der Waals surface area contributed by atoms with Crippen molar-refractivity contribution < 1.29 is 28.9 Å². The van der Waals surface area contributed by atoms with Gasteiger partial charge in [-0.05, 0) is 54.7 Å². The largest absolute Gasteiger partial charge is 0.493 e. The summed E-state index contributed by atoms with van der Waals surface area (Å²) in [4.78, 5) is 25.3. The minimum Gasteiger partial charge on any atom is -0.493 e. The molecule has 2 heterocycles. The maximum absolute atomic E-state index is 12.0. The second-order valence-electron chi connectivity index (χ2n) is 8.50. The number of amides is 2. The van der Waals surface area contributed by atoms with E-state index in [0.717, 1.165) is 16.9 Å². The molecule has 2 aliphatic heterocycles. The third kappa shape index (κ3) is 5.06. The van der Waals surface area contributed by atoms with Gasteiger partial charge in [0.1, 0.15) is 18.1 Å². The van der Waals surface area contributed by atoms with Gasteiger partial charge in [-0.3, -0.25) is 4.79 Å². The number of carbonyl (C=O) groups excluding carboxylic acids is 1. The van der Waals surface area contributed by atoms with Gasteiger partial charge in [0.2, 0.25) is 0 Å². The fourth-order valence-corrected chi connectivity index (χ4v) is 4.75. The van der Waals surface area contributed by atoms with Crippen LogP contribution in [0.25, 0.3) is 0 Å². The number of piperidine rings is 1. The summed E-state index contributed by atoms with van der Waals surface area (Å²) in [5.74, 6) is 1.33. The Hall–Kier alpha value is -3.26. The standard InChI is InChI=1S/C25H30N2O6/c1-16-23(15-33-20-7-6-18-14-26-24(28)22(18)13-20)21(8-9-27(16)25(29)30)17-4-3-5-19(12-17)32-11-10-31-2/h3-7,12-13,16,21,23H,8-11,14-15H2,1-2H3,(H,26,28)(H,29,30)/t16-,21?,23-/m1/s1. The number of hydrogen-bond donors (Lipinski definition) is 2. The molecule has 2 N–H and O–H groups in total. The van der Waals surface area contributed by atoms with Crippen LogP contribution in [-0.4, -0.2) is 61.5 Å². The Balaban J connectivity index is 1.53. The van der Waals surface area contributed by atoms with Gasteiger partial charge >= 0.3 is 6.09 Å². The topological polar surface area (TPSA) is 97.3 Å². The van der Waals surface area contributed by atoms with E-state index in [2.05, 4.69) is 11.4 Å². The number of likely N-dealkylation sites (tertiary alicyclic amines) is 1. The van der Waals surface area contributed by atoms with Crippen LogP contribution in [0.3, 0.4) is 0 Å². The predicted octanol–water partition coefficient (Wildman–Crippen LogP) is 3.51. The van der Waals surface area contributed by atoms with Crippen LogP contribution >= 0.6 is 0 Å². The van der Waals surface area contributed by atoms with Crippen LogP contribution < -0.4 is 14.8 Å². The van der Waals surface area contributed by atoms with Gasteiger partial charge in [-0.1, -0.05) is 18.2 Å². The molecule has 0 aliphatic carbocycles. The van der Waals surface area contributed by atoms with Crippen molar-refractivity contribution >= 4 is 12.0 Å². The van der Waals surface area contributed by atoms with Gasteiger partial charge in [0, 0.05) is 37.7 Å². The van der Waals surface area contributed by atoms with Crippen LogP contribution in [-0.2, 0) is 11.3 Å². The van der Waals surface area contributed by atoms with E-state index >= 15 is 0 Å². The number of carboxylic acid groups (broad SMARTS) is 1. The molecule has 2 aromatic carbocycles. The summed E-state index contributed by atoms with van der Waals surface area (Å²) < 4.78 is 17.0. The Bertz CT molecular complexity index is 1010. The van der Waals surface area contributed by atoms with Crippen molar-refractivity contribution in [2.45, 2.75) is 31.8 Å². The summed E-state index contributed by atoms with van der Waals surface area (Å²) in [5, 5.41) is 12.5. The normalized spacial score (nSPS) is 21.9. The molecule has 2 aromatic rings. The molecule has 2 aliphatic rings. The van der Waals surface area contributed by atoms with E-state index in [1.807, 2.05) is 37.3 Å².